The van der Waals surface area contributed by atoms with E-state index < -0.39 is 39.6 Å². The summed E-state index contributed by atoms with van der Waals surface area (Å²) in [4.78, 5) is 29.1. The number of alkyl halides is 3. The molecule has 1 aromatic heterocycles. The van der Waals surface area contributed by atoms with Gasteiger partial charge in [0.05, 0.1) is 10.5 Å². The van der Waals surface area contributed by atoms with E-state index in [9.17, 15) is 31.2 Å². The van der Waals surface area contributed by atoms with Crippen molar-refractivity contribution in [2.75, 3.05) is 24.5 Å². The summed E-state index contributed by atoms with van der Waals surface area (Å²) in [5.41, 5.74) is 0.983. The monoisotopic (exact) mass is 649 g/mol. The zero-order chi connectivity index (χ0) is 31.5. The predicted molar refractivity (Wildman–Crippen MR) is 159 cm³/mol. The largest absolute Gasteiger partial charge is 0.419 e. The fourth-order valence-corrected chi connectivity index (χ4v) is 6.78. The van der Waals surface area contributed by atoms with Crippen LogP contribution in [0.3, 0.4) is 0 Å². The lowest BCUT2D eigenvalue weighted by atomic mass is 9.96. The van der Waals surface area contributed by atoms with Gasteiger partial charge >= 0.3 is 6.18 Å². The molecule has 1 unspecified atom stereocenters. The van der Waals surface area contributed by atoms with Crippen molar-refractivity contribution in [1.29, 1.82) is 0 Å². The second-order valence-electron chi connectivity index (χ2n) is 10.9. The van der Waals surface area contributed by atoms with Crippen LogP contribution in [-0.2, 0) is 32.3 Å². The average molecular weight is 650 g/mol. The highest BCUT2D eigenvalue weighted by molar-refractivity contribution is 7.89. The molecule has 44 heavy (non-hydrogen) atoms. The SMILES string of the molecule is O=C1CCC(NS(=O)(=O)c2ccc(CNCC3CCN(c4ncc(-c5cccc(Cl)c5)cc4C(F)(F)F)CC3)cc2)C(=O)N1. The molecule has 0 spiro atoms. The van der Waals surface area contributed by atoms with E-state index in [0.29, 0.717) is 55.2 Å². The maximum Gasteiger partial charge on any atom is 0.419 e. The van der Waals surface area contributed by atoms with E-state index in [1.54, 1.807) is 41.3 Å². The van der Waals surface area contributed by atoms with Gasteiger partial charge in [0.15, 0.2) is 0 Å². The van der Waals surface area contributed by atoms with Crippen molar-refractivity contribution in [3.63, 3.8) is 0 Å². The molecule has 9 nitrogen and oxygen atoms in total. The van der Waals surface area contributed by atoms with E-state index in [0.717, 1.165) is 11.6 Å². The molecule has 0 aliphatic carbocycles. The second-order valence-corrected chi connectivity index (χ2v) is 13.1. The molecule has 3 heterocycles. The summed E-state index contributed by atoms with van der Waals surface area (Å²) in [6, 6.07) is 13.0. The number of imide groups is 1. The van der Waals surface area contributed by atoms with Crippen LogP contribution in [0.15, 0.2) is 65.7 Å². The Labute approximate surface area is 258 Å². The summed E-state index contributed by atoms with van der Waals surface area (Å²) >= 11 is 6.02. The number of nitrogens with one attached hydrogen (secondary N) is 3. The first-order valence-corrected chi connectivity index (χ1v) is 16.0. The average Bonchev–Trinajstić information content (AvgIpc) is 2.98. The third kappa shape index (κ3) is 7.76. The molecule has 2 aliphatic rings. The second kappa shape index (κ2) is 13.2. The Bertz CT molecular complexity index is 1630. The third-order valence-corrected chi connectivity index (χ3v) is 9.50. The molecule has 5 rings (SSSR count). The van der Waals surface area contributed by atoms with Crippen LogP contribution in [0.5, 0.6) is 0 Å². The van der Waals surface area contributed by atoms with E-state index >= 15 is 0 Å². The summed E-state index contributed by atoms with van der Waals surface area (Å²) in [7, 11) is -3.95. The van der Waals surface area contributed by atoms with Gasteiger partial charge < -0.3 is 10.2 Å². The first-order valence-electron chi connectivity index (χ1n) is 14.1. The first kappa shape index (κ1) is 31.9. The Morgan fingerprint density at radius 2 is 1.73 bits per heavy atom. The molecule has 234 valence electrons. The summed E-state index contributed by atoms with van der Waals surface area (Å²) < 4.78 is 69.8. The number of hydrogen-bond acceptors (Lipinski definition) is 7. The number of carbonyl (C=O) groups excluding carboxylic acids is 2. The van der Waals surface area contributed by atoms with Crippen LogP contribution in [0.4, 0.5) is 19.0 Å². The van der Waals surface area contributed by atoms with Crippen LogP contribution in [0, 0.1) is 5.92 Å². The molecule has 0 bridgehead atoms. The molecular weight excluding hydrogens is 619 g/mol. The lowest BCUT2D eigenvalue weighted by Gasteiger charge is -2.34. The number of carbonyl (C=O) groups is 2. The molecule has 3 N–H and O–H groups in total. The molecule has 0 saturated carbocycles. The molecule has 1 atom stereocenters. The maximum atomic E-state index is 14.0. The van der Waals surface area contributed by atoms with Gasteiger partial charge in [-0.15, -0.1) is 0 Å². The number of sulfonamides is 1. The lowest BCUT2D eigenvalue weighted by molar-refractivity contribution is -0.137. The fraction of sp³-hybridized carbons (Fsp3) is 0.367. The number of rotatable bonds is 9. The Hall–Kier alpha value is -3.52. The molecular formula is C30H31ClF3N5O4S. The summed E-state index contributed by atoms with van der Waals surface area (Å²) in [5, 5.41) is 5.90. The standard InChI is InChI=1S/C30H31ClF3N5O4S/c31-23-3-1-2-21(14-23)22-15-25(30(32,33)34)28(36-18-22)39-12-10-20(11-13-39)17-35-16-19-4-6-24(7-5-19)44(42,43)38-26-8-9-27(40)37-29(26)41/h1-7,14-15,18,20,26,35,38H,8-13,16-17H2,(H,37,40,41). The Morgan fingerprint density at radius 1 is 1.00 bits per heavy atom. The van der Waals surface area contributed by atoms with Crippen LogP contribution in [-0.4, -0.2) is 50.9 Å². The van der Waals surface area contributed by atoms with E-state index in [1.807, 2.05) is 0 Å². The minimum atomic E-state index is -4.56. The van der Waals surface area contributed by atoms with Gasteiger partial charge in [-0.3, -0.25) is 14.9 Å². The van der Waals surface area contributed by atoms with E-state index in [1.165, 1.54) is 18.3 Å². The Kier molecular flexibility index (Phi) is 9.59. The van der Waals surface area contributed by atoms with Gasteiger partial charge in [0.1, 0.15) is 11.9 Å². The molecule has 2 saturated heterocycles. The molecule has 0 radical (unpaired) electrons. The number of hydrogen-bond donors (Lipinski definition) is 3. The minimum Gasteiger partial charge on any atom is -0.356 e. The fourth-order valence-electron chi connectivity index (χ4n) is 5.36. The third-order valence-electron chi connectivity index (χ3n) is 7.78. The quantitative estimate of drug-likeness (QED) is 0.292. The van der Waals surface area contributed by atoms with Crippen LogP contribution in [0.1, 0.15) is 36.8 Å². The topological polar surface area (TPSA) is 120 Å². The smallest absolute Gasteiger partial charge is 0.356 e. The number of halogens is 4. The number of amides is 2. The molecule has 2 fully saturated rings. The van der Waals surface area contributed by atoms with Gasteiger partial charge in [-0.2, -0.15) is 17.9 Å². The van der Waals surface area contributed by atoms with Crippen molar-refractivity contribution in [3.05, 3.63) is 76.9 Å². The number of pyridine rings is 1. The minimum absolute atomic E-state index is 0.00533. The number of aromatic nitrogens is 1. The van der Waals surface area contributed by atoms with Crippen LogP contribution >= 0.6 is 11.6 Å². The summed E-state index contributed by atoms with van der Waals surface area (Å²) in [6.07, 6.45) is -1.58. The van der Waals surface area contributed by atoms with Gasteiger partial charge in [0.2, 0.25) is 21.8 Å². The number of nitrogens with zero attached hydrogens (tertiary/aromatic N) is 2. The maximum absolute atomic E-state index is 14.0. The number of anilines is 1. The highest BCUT2D eigenvalue weighted by atomic mass is 35.5. The van der Waals surface area contributed by atoms with Crippen molar-refractivity contribution >= 4 is 39.3 Å². The molecule has 3 aromatic rings. The van der Waals surface area contributed by atoms with Crippen LogP contribution < -0.4 is 20.3 Å². The number of benzene rings is 2. The van der Waals surface area contributed by atoms with E-state index in [-0.39, 0.29) is 29.5 Å². The number of piperidine rings is 2. The van der Waals surface area contributed by atoms with Crippen molar-refractivity contribution in [1.82, 2.24) is 20.3 Å². The molecule has 14 heteroatoms. The predicted octanol–water partition coefficient (Wildman–Crippen LogP) is 4.51. The molecule has 2 amide bonds. The van der Waals surface area contributed by atoms with Crippen molar-refractivity contribution in [3.8, 4) is 11.1 Å². The van der Waals surface area contributed by atoms with Crippen molar-refractivity contribution in [2.45, 2.75) is 49.3 Å². The van der Waals surface area contributed by atoms with Crippen molar-refractivity contribution in [2.24, 2.45) is 5.92 Å². The Morgan fingerprint density at radius 3 is 2.39 bits per heavy atom. The van der Waals surface area contributed by atoms with Crippen molar-refractivity contribution < 1.29 is 31.2 Å². The van der Waals surface area contributed by atoms with E-state index in [4.69, 9.17) is 11.6 Å². The Balaban J connectivity index is 1.12. The summed E-state index contributed by atoms with van der Waals surface area (Å²) in [6.45, 7) is 2.00. The molecule has 2 aliphatic heterocycles. The van der Waals surface area contributed by atoms with Gasteiger partial charge in [0, 0.05) is 42.8 Å². The van der Waals surface area contributed by atoms with Gasteiger partial charge in [0.25, 0.3) is 0 Å². The van der Waals surface area contributed by atoms with Gasteiger partial charge in [-0.25, -0.2) is 13.4 Å². The zero-order valence-electron chi connectivity index (χ0n) is 23.5. The normalized spacial score (nSPS) is 18.4. The van der Waals surface area contributed by atoms with Gasteiger partial charge in [-0.05, 0) is 73.2 Å². The summed E-state index contributed by atoms with van der Waals surface area (Å²) in [5.74, 6) is -0.915. The van der Waals surface area contributed by atoms with Crippen LogP contribution in [0.2, 0.25) is 5.02 Å². The first-order chi connectivity index (χ1) is 20.9. The highest BCUT2D eigenvalue weighted by Crippen LogP contribution is 2.39. The lowest BCUT2D eigenvalue weighted by Crippen LogP contribution is -2.52. The van der Waals surface area contributed by atoms with Crippen LogP contribution in [0.25, 0.3) is 11.1 Å². The highest BCUT2D eigenvalue weighted by Gasteiger charge is 2.37. The van der Waals surface area contributed by atoms with Gasteiger partial charge in [-0.1, -0.05) is 35.9 Å². The molecule has 2 aromatic carbocycles. The zero-order valence-corrected chi connectivity index (χ0v) is 25.1. The van der Waals surface area contributed by atoms with E-state index in [2.05, 4.69) is 20.3 Å².